The zero-order valence-electron chi connectivity index (χ0n) is 14.4. The summed E-state index contributed by atoms with van der Waals surface area (Å²) in [5, 5.41) is 14.9. The molecule has 8 nitrogen and oxygen atoms in total. The van der Waals surface area contributed by atoms with Gasteiger partial charge in [-0.15, -0.1) is 0 Å². The maximum Gasteiger partial charge on any atom is 0.407 e. The molecule has 136 valence electrons. The fourth-order valence-electron chi connectivity index (χ4n) is 2.69. The Hall–Kier alpha value is -2.71. The lowest BCUT2D eigenvalue weighted by Crippen LogP contribution is -2.32. The number of carboxylic acid groups (broad SMARTS) is 1. The minimum atomic E-state index is -1.05. The van der Waals surface area contributed by atoms with Gasteiger partial charge in [0.25, 0.3) is 0 Å². The molecule has 1 N–H and O–H groups in total. The van der Waals surface area contributed by atoms with Gasteiger partial charge in [-0.25, -0.2) is 14.5 Å². The van der Waals surface area contributed by atoms with E-state index in [1.54, 1.807) is 23.1 Å². The minimum absolute atomic E-state index is 0.0749. The second-order valence-corrected chi connectivity index (χ2v) is 6.13. The highest BCUT2D eigenvalue weighted by molar-refractivity contribution is 6.30. The van der Waals surface area contributed by atoms with E-state index in [-0.39, 0.29) is 18.2 Å². The predicted octanol–water partition coefficient (Wildman–Crippen LogP) is 2.90. The fraction of sp³-hybridized carbons (Fsp3) is 0.294. The average molecular weight is 376 g/mol. The first-order chi connectivity index (χ1) is 12.5. The van der Waals surface area contributed by atoms with Crippen molar-refractivity contribution in [3.8, 4) is 5.69 Å². The number of aryl methyl sites for hydroxylation is 1. The quantitative estimate of drug-likeness (QED) is 0.666. The predicted molar refractivity (Wildman–Crippen MR) is 96.7 cm³/mol. The van der Waals surface area contributed by atoms with Crippen molar-refractivity contribution in [3.05, 3.63) is 47.1 Å². The standard InChI is InChI=1S/C17H18ClN5O3/c1-11-7-13(3-4-19-11)23-16-12(9-20-23)8-15(18)21-14(16)10-22(17(24)25)5-6-26-2/h3-4,7-9H,5-6,10H2,1-2H3,(H,24,25). The number of nitrogens with zero attached hydrogens (tertiary/aromatic N) is 5. The van der Waals surface area contributed by atoms with Gasteiger partial charge >= 0.3 is 6.09 Å². The SMILES string of the molecule is COCCN(Cc1nc(Cl)cc2cnn(-c3ccnc(C)c3)c12)C(=O)O. The van der Waals surface area contributed by atoms with E-state index in [1.807, 2.05) is 19.1 Å². The van der Waals surface area contributed by atoms with E-state index < -0.39 is 6.09 Å². The van der Waals surface area contributed by atoms with Gasteiger partial charge in [0.15, 0.2) is 0 Å². The van der Waals surface area contributed by atoms with Crippen LogP contribution in [-0.4, -0.2) is 56.1 Å². The molecule has 0 aliphatic rings. The van der Waals surface area contributed by atoms with Gasteiger partial charge in [0.1, 0.15) is 5.15 Å². The van der Waals surface area contributed by atoms with Gasteiger partial charge in [0.2, 0.25) is 0 Å². The van der Waals surface area contributed by atoms with Gasteiger partial charge in [0.05, 0.1) is 36.2 Å². The molecule has 9 heteroatoms. The zero-order valence-corrected chi connectivity index (χ0v) is 15.1. The van der Waals surface area contributed by atoms with E-state index >= 15 is 0 Å². The summed E-state index contributed by atoms with van der Waals surface area (Å²) >= 11 is 6.12. The molecule has 0 aliphatic carbocycles. The van der Waals surface area contributed by atoms with E-state index in [0.717, 1.165) is 16.8 Å². The normalized spacial score (nSPS) is 11.0. The number of hydrogen-bond donors (Lipinski definition) is 1. The summed E-state index contributed by atoms with van der Waals surface area (Å²) < 4.78 is 6.71. The van der Waals surface area contributed by atoms with Crippen LogP contribution in [0.2, 0.25) is 5.15 Å². The molecule has 0 saturated heterocycles. The van der Waals surface area contributed by atoms with Crippen molar-refractivity contribution in [2.45, 2.75) is 13.5 Å². The monoisotopic (exact) mass is 375 g/mol. The van der Waals surface area contributed by atoms with Gasteiger partial charge in [-0.1, -0.05) is 11.6 Å². The van der Waals surface area contributed by atoms with Crippen LogP contribution in [0.5, 0.6) is 0 Å². The Morgan fingerprint density at radius 1 is 1.42 bits per heavy atom. The first-order valence-electron chi connectivity index (χ1n) is 7.92. The highest BCUT2D eigenvalue weighted by Gasteiger charge is 2.19. The molecule has 1 amide bonds. The van der Waals surface area contributed by atoms with E-state index in [2.05, 4.69) is 15.1 Å². The van der Waals surface area contributed by atoms with E-state index in [1.165, 1.54) is 12.0 Å². The molecular formula is C17H18ClN5O3. The van der Waals surface area contributed by atoms with E-state index in [9.17, 15) is 9.90 Å². The Bertz CT molecular complexity index is 943. The smallest absolute Gasteiger partial charge is 0.407 e. The lowest BCUT2D eigenvalue weighted by Gasteiger charge is -2.19. The summed E-state index contributed by atoms with van der Waals surface area (Å²) in [5.41, 5.74) is 2.90. The lowest BCUT2D eigenvalue weighted by molar-refractivity contribution is 0.115. The lowest BCUT2D eigenvalue weighted by atomic mass is 10.2. The number of ether oxygens (including phenoxy) is 1. The summed E-state index contributed by atoms with van der Waals surface area (Å²) in [6.07, 6.45) is 2.33. The largest absolute Gasteiger partial charge is 0.465 e. The van der Waals surface area contributed by atoms with E-state index in [0.29, 0.717) is 17.8 Å². The topological polar surface area (TPSA) is 93.4 Å². The van der Waals surface area contributed by atoms with Crippen molar-refractivity contribution in [2.24, 2.45) is 0 Å². The van der Waals surface area contributed by atoms with Crippen LogP contribution >= 0.6 is 11.6 Å². The maximum atomic E-state index is 11.5. The van der Waals surface area contributed by atoms with Crippen LogP contribution in [0.3, 0.4) is 0 Å². The Balaban J connectivity index is 2.09. The maximum absolute atomic E-state index is 11.5. The molecule has 3 rings (SSSR count). The van der Waals surface area contributed by atoms with Crippen LogP contribution in [0, 0.1) is 6.92 Å². The number of fused-ring (bicyclic) bond motifs is 1. The van der Waals surface area contributed by atoms with Gasteiger partial charge in [-0.3, -0.25) is 4.98 Å². The van der Waals surface area contributed by atoms with Crippen LogP contribution in [0.4, 0.5) is 4.79 Å². The van der Waals surface area contributed by atoms with Crippen molar-refractivity contribution < 1.29 is 14.6 Å². The Morgan fingerprint density at radius 2 is 2.23 bits per heavy atom. The average Bonchev–Trinajstić information content (AvgIpc) is 3.02. The third-order valence-corrected chi connectivity index (χ3v) is 4.08. The summed E-state index contributed by atoms with van der Waals surface area (Å²) in [4.78, 5) is 21.3. The van der Waals surface area contributed by atoms with Gasteiger partial charge in [0, 0.05) is 30.9 Å². The molecule has 0 bridgehead atoms. The van der Waals surface area contributed by atoms with Crippen molar-refractivity contribution in [1.82, 2.24) is 24.6 Å². The third kappa shape index (κ3) is 3.76. The molecule has 26 heavy (non-hydrogen) atoms. The third-order valence-electron chi connectivity index (χ3n) is 3.89. The van der Waals surface area contributed by atoms with E-state index in [4.69, 9.17) is 16.3 Å². The Morgan fingerprint density at radius 3 is 2.92 bits per heavy atom. The van der Waals surface area contributed by atoms with Crippen molar-refractivity contribution in [3.63, 3.8) is 0 Å². The molecular weight excluding hydrogens is 358 g/mol. The second-order valence-electron chi connectivity index (χ2n) is 5.74. The van der Waals surface area contributed by atoms with Crippen LogP contribution < -0.4 is 0 Å². The minimum Gasteiger partial charge on any atom is -0.465 e. The first kappa shape index (κ1) is 18.1. The van der Waals surface area contributed by atoms with Crippen LogP contribution in [-0.2, 0) is 11.3 Å². The number of hydrogen-bond acceptors (Lipinski definition) is 5. The number of rotatable bonds is 6. The summed E-state index contributed by atoms with van der Waals surface area (Å²) in [6.45, 7) is 2.48. The summed E-state index contributed by atoms with van der Waals surface area (Å²) in [7, 11) is 1.52. The second kappa shape index (κ2) is 7.67. The number of amides is 1. The van der Waals surface area contributed by atoms with Crippen LogP contribution in [0.25, 0.3) is 16.6 Å². The fourth-order valence-corrected chi connectivity index (χ4v) is 2.91. The van der Waals surface area contributed by atoms with Crippen molar-refractivity contribution in [1.29, 1.82) is 0 Å². The molecule has 0 spiro atoms. The molecule has 0 aliphatic heterocycles. The number of aromatic nitrogens is 4. The van der Waals surface area contributed by atoms with Crippen molar-refractivity contribution >= 4 is 28.6 Å². The van der Waals surface area contributed by atoms with Crippen LogP contribution in [0.15, 0.2) is 30.6 Å². The van der Waals surface area contributed by atoms with Crippen LogP contribution in [0.1, 0.15) is 11.4 Å². The summed E-state index contributed by atoms with van der Waals surface area (Å²) in [6, 6.07) is 5.43. The number of methoxy groups -OCH3 is 1. The number of pyridine rings is 2. The molecule has 0 saturated carbocycles. The Kier molecular flexibility index (Phi) is 5.34. The number of halogens is 1. The molecule has 0 atom stereocenters. The molecule has 0 fully saturated rings. The summed E-state index contributed by atoms with van der Waals surface area (Å²) in [5.74, 6) is 0. The highest BCUT2D eigenvalue weighted by atomic mass is 35.5. The highest BCUT2D eigenvalue weighted by Crippen LogP contribution is 2.25. The Labute approximate surface area is 155 Å². The molecule has 0 radical (unpaired) electrons. The molecule has 3 aromatic heterocycles. The zero-order chi connectivity index (χ0) is 18.7. The molecule has 0 aromatic carbocycles. The molecule has 3 aromatic rings. The first-order valence-corrected chi connectivity index (χ1v) is 8.30. The van der Waals surface area contributed by atoms with Gasteiger partial charge in [-0.2, -0.15) is 5.10 Å². The van der Waals surface area contributed by atoms with Gasteiger partial charge < -0.3 is 14.7 Å². The molecule has 3 heterocycles. The van der Waals surface area contributed by atoms with Crippen molar-refractivity contribution in [2.75, 3.05) is 20.3 Å². The number of carbonyl (C=O) groups is 1. The molecule has 0 unspecified atom stereocenters. The van der Waals surface area contributed by atoms with Gasteiger partial charge in [-0.05, 0) is 25.1 Å².